The molecular weight excluding hydrogens is 519 g/mol. The van der Waals surface area contributed by atoms with Crippen LogP contribution in [0.2, 0.25) is 0 Å². The standard InChI is InChI=1S/C26H28F3N5O5/c1-25(2,3)39-24(36)34-11-5-6-16(13-34)32-22-21-20(30-14-31-22)18(23(35)37-4)12-19(33-21)15-7-9-17(10-8-15)38-26(27,28)29/h7-10,12,14,16H,5-6,11,13H2,1-4H3,(H,30,31,32)/t16-/m0/s1. The van der Waals surface area contributed by atoms with Gasteiger partial charge >= 0.3 is 18.4 Å². The van der Waals surface area contributed by atoms with Gasteiger partial charge in [-0.3, -0.25) is 0 Å². The second kappa shape index (κ2) is 10.9. The van der Waals surface area contributed by atoms with Crippen LogP contribution in [0.5, 0.6) is 5.75 Å². The minimum atomic E-state index is -4.82. The Hall–Kier alpha value is -4.16. The van der Waals surface area contributed by atoms with Crippen LogP contribution in [0.25, 0.3) is 22.3 Å². The number of fused-ring (bicyclic) bond motifs is 1. The molecule has 1 fully saturated rings. The van der Waals surface area contributed by atoms with E-state index in [1.807, 2.05) is 0 Å². The van der Waals surface area contributed by atoms with Gasteiger partial charge in [0.15, 0.2) is 5.82 Å². The fourth-order valence-corrected chi connectivity index (χ4v) is 4.17. The Bertz CT molecular complexity index is 1360. The van der Waals surface area contributed by atoms with Crippen LogP contribution in [0.15, 0.2) is 36.7 Å². The van der Waals surface area contributed by atoms with Crippen LogP contribution in [0.1, 0.15) is 44.0 Å². The Labute approximate surface area is 222 Å². The summed E-state index contributed by atoms with van der Waals surface area (Å²) in [7, 11) is 1.23. The Morgan fingerprint density at radius 2 is 1.79 bits per heavy atom. The molecule has 4 rings (SSSR count). The maximum Gasteiger partial charge on any atom is 0.573 e. The number of piperidine rings is 1. The Morgan fingerprint density at radius 1 is 1.08 bits per heavy atom. The summed E-state index contributed by atoms with van der Waals surface area (Å²) in [5, 5.41) is 3.31. The zero-order valence-electron chi connectivity index (χ0n) is 21.8. The van der Waals surface area contributed by atoms with Crippen molar-refractivity contribution in [3.05, 3.63) is 42.2 Å². The fourth-order valence-electron chi connectivity index (χ4n) is 4.17. The molecule has 0 aliphatic carbocycles. The van der Waals surface area contributed by atoms with Gasteiger partial charge in [-0.15, -0.1) is 13.2 Å². The molecule has 39 heavy (non-hydrogen) atoms. The van der Waals surface area contributed by atoms with Crippen molar-refractivity contribution in [1.29, 1.82) is 0 Å². The van der Waals surface area contributed by atoms with Crippen LogP contribution in [-0.4, -0.2) is 70.1 Å². The van der Waals surface area contributed by atoms with Gasteiger partial charge in [0.25, 0.3) is 0 Å². The minimum absolute atomic E-state index is 0.109. The van der Waals surface area contributed by atoms with Crippen molar-refractivity contribution in [1.82, 2.24) is 19.9 Å². The third-order valence-electron chi connectivity index (χ3n) is 5.79. The van der Waals surface area contributed by atoms with Gasteiger partial charge in [-0.1, -0.05) is 0 Å². The van der Waals surface area contributed by atoms with E-state index in [-0.39, 0.29) is 22.6 Å². The number of nitrogens with one attached hydrogen (secondary N) is 1. The topological polar surface area (TPSA) is 116 Å². The highest BCUT2D eigenvalue weighted by Crippen LogP contribution is 2.30. The van der Waals surface area contributed by atoms with E-state index in [2.05, 4.69) is 25.0 Å². The number of carbonyl (C=O) groups excluding carboxylic acids is 2. The number of aromatic nitrogens is 3. The lowest BCUT2D eigenvalue weighted by Crippen LogP contribution is -2.47. The van der Waals surface area contributed by atoms with Gasteiger partial charge in [-0.2, -0.15) is 0 Å². The largest absolute Gasteiger partial charge is 0.573 e. The molecular formula is C26H28F3N5O5. The molecule has 0 radical (unpaired) electrons. The monoisotopic (exact) mass is 547 g/mol. The van der Waals surface area contributed by atoms with Crippen molar-refractivity contribution in [2.45, 2.75) is 51.6 Å². The quantitative estimate of drug-likeness (QED) is 0.431. The van der Waals surface area contributed by atoms with Crippen molar-refractivity contribution in [3.63, 3.8) is 0 Å². The Morgan fingerprint density at radius 3 is 2.44 bits per heavy atom. The van der Waals surface area contributed by atoms with Crippen LogP contribution in [-0.2, 0) is 9.47 Å². The first kappa shape index (κ1) is 27.9. The van der Waals surface area contributed by atoms with E-state index < -0.39 is 29.8 Å². The second-order valence-electron chi connectivity index (χ2n) is 9.95. The number of hydrogen-bond acceptors (Lipinski definition) is 9. The van der Waals surface area contributed by atoms with Crippen LogP contribution in [0, 0.1) is 0 Å². The molecule has 1 atom stereocenters. The first-order valence-corrected chi connectivity index (χ1v) is 12.2. The van der Waals surface area contributed by atoms with Gasteiger partial charge in [0.1, 0.15) is 28.7 Å². The van der Waals surface area contributed by atoms with Gasteiger partial charge < -0.3 is 24.4 Å². The highest BCUT2D eigenvalue weighted by atomic mass is 19.4. The van der Waals surface area contributed by atoms with E-state index in [1.165, 1.54) is 31.6 Å². The number of halogens is 3. The molecule has 208 valence electrons. The average Bonchev–Trinajstić information content (AvgIpc) is 2.86. The lowest BCUT2D eigenvalue weighted by atomic mass is 10.1. The number of rotatable bonds is 5. The number of esters is 1. The first-order chi connectivity index (χ1) is 18.3. The fraction of sp³-hybridized carbons (Fsp3) is 0.423. The number of amides is 1. The maximum absolute atomic E-state index is 12.6. The zero-order valence-corrected chi connectivity index (χ0v) is 21.8. The first-order valence-electron chi connectivity index (χ1n) is 12.2. The van der Waals surface area contributed by atoms with Crippen molar-refractivity contribution < 1.29 is 37.0 Å². The molecule has 1 N–H and O–H groups in total. The number of benzene rings is 1. The van der Waals surface area contributed by atoms with Gasteiger partial charge in [0.05, 0.1) is 18.4 Å². The van der Waals surface area contributed by atoms with E-state index in [9.17, 15) is 22.8 Å². The van der Waals surface area contributed by atoms with Crippen LogP contribution in [0.3, 0.4) is 0 Å². The molecule has 3 aromatic rings. The molecule has 13 heteroatoms. The Balaban J connectivity index is 1.67. The number of alkyl halides is 3. The smallest absolute Gasteiger partial charge is 0.465 e. The third-order valence-corrected chi connectivity index (χ3v) is 5.79. The molecule has 1 saturated heterocycles. The Kier molecular flexibility index (Phi) is 7.79. The third kappa shape index (κ3) is 7.03. The van der Waals surface area contributed by atoms with Gasteiger partial charge in [-0.05, 0) is 63.9 Å². The predicted molar refractivity (Wildman–Crippen MR) is 135 cm³/mol. The minimum Gasteiger partial charge on any atom is -0.465 e. The van der Waals surface area contributed by atoms with Crippen LogP contribution < -0.4 is 10.1 Å². The number of pyridine rings is 1. The number of likely N-dealkylation sites (tertiary alicyclic amines) is 1. The lowest BCUT2D eigenvalue weighted by Gasteiger charge is -2.34. The number of anilines is 1. The normalized spacial score (nSPS) is 16.1. The zero-order chi connectivity index (χ0) is 28.4. The molecule has 1 amide bonds. The average molecular weight is 548 g/mol. The summed E-state index contributed by atoms with van der Waals surface area (Å²) in [4.78, 5) is 40.0. The SMILES string of the molecule is COC(=O)c1cc(-c2ccc(OC(F)(F)F)cc2)nc2c(N[C@H]3CCCN(C(=O)OC(C)(C)C)C3)ncnc12. The van der Waals surface area contributed by atoms with E-state index >= 15 is 0 Å². The lowest BCUT2D eigenvalue weighted by molar-refractivity contribution is -0.274. The highest BCUT2D eigenvalue weighted by molar-refractivity contribution is 6.05. The molecule has 10 nitrogen and oxygen atoms in total. The van der Waals surface area contributed by atoms with Crippen molar-refractivity contribution in [2.24, 2.45) is 0 Å². The summed E-state index contributed by atoms with van der Waals surface area (Å²) < 4.78 is 52.1. The van der Waals surface area contributed by atoms with Crippen molar-refractivity contribution in [2.75, 3.05) is 25.5 Å². The predicted octanol–water partition coefficient (Wildman–Crippen LogP) is 5.19. The van der Waals surface area contributed by atoms with E-state index in [4.69, 9.17) is 9.47 Å². The molecule has 2 aromatic heterocycles. The summed E-state index contributed by atoms with van der Waals surface area (Å²) in [6.07, 6.45) is -2.46. The van der Waals surface area contributed by atoms with E-state index in [0.29, 0.717) is 30.2 Å². The number of ether oxygens (including phenoxy) is 3. The van der Waals surface area contributed by atoms with Crippen LogP contribution >= 0.6 is 0 Å². The van der Waals surface area contributed by atoms with Crippen molar-refractivity contribution in [3.8, 4) is 17.0 Å². The summed E-state index contributed by atoms with van der Waals surface area (Å²) in [6, 6.07) is 6.37. The summed E-state index contributed by atoms with van der Waals surface area (Å²) in [5.74, 6) is -0.725. The maximum atomic E-state index is 12.6. The van der Waals surface area contributed by atoms with Gasteiger partial charge in [-0.25, -0.2) is 24.5 Å². The summed E-state index contributed by atoms with van der Waals surface area (Å²) >= 11 is 0. The van der Waals surface area contributed by atoms with Crippen molar-refractivity contribution >= 4 is 28.9 Å². The molecule has 0 unspecified atom stereocenters. The molecule has 1 aliphatic rings. The summed E-state index contributed by atoms with van der Waals surface area (Å²) in [5.41, 5.74) is 0.707. The van der Waals surface area contributed by atoms with Gasteiger partial charge in [0.2, 0.25) is 0 Å². The van der Waals surface area contributed by atoms with Crippen LogP contribution in [0.4, 0.5) is 23.8 Å². The molecule has 0 saturated carbocycles. The molecule has 3 heterocycles. The number of methoxy groups -OCH3 is 1. The molecule has 0 spiro atoms. The van der Waals surface area contributed by atoms with E-state index in [0.717, 1.165) is 25.0 Å². The second-order valence-corrected chi connectivity index (χ2v) is 9.95. The highest BCUT2D eigenvalue weighted by Gasteiger charge is 2.31. The number of carbonyl (C=O) groups is 2. The molecule has 1 aromatic carbocycles. The van der Waals surface area contributed by atoms with Gasteiger partial charge in [0, 0.05) is 24.7 Å². The van der Waals surface area contributed by atoms with E-state index in [1.54, 1.807) is 25.7 Å². The number of hydrogen-bond donors (Lipinski definition) is 1. The molecule has 0 bridgehead atoms. The summed E-state index contributed by atoms with van der Waals surface area (Å²) in [6.45, 7) is 6.33. The number of nitrogens with zero attached hydrogens (tertiary/aromatic N) is 4. The molecule has 1 aliphatic heterocycles.